The Bertz CT molecular complexity index is 588. The van der Waals surface area contributed by atoms with Gasteiger partial charge >= 0.3 is 0 Å². The van der Waals surface area contributed by atoms with E-state index in [0.29, 0.717) is 0 Å². The van der Waals surface area contributed by atoms with E-state index in [9.17, 15) is 0 Å². The second-order valence-electron chi connectivity index (χ2n) is 6.29. The fraction of sp³-hybridized carbons (Fsp3) is 0.389. The minimum atomic E-state index is 0.108. The number of anilines is 1. The lowest BCUT2D eigenvalue weighted by atomic mass is 9.86. The molecule has 2 aromatic rings. The summed E-state index contributed by atoms with van der Waals surface area (Å²) in [5, 5.41) is 3.50. The Kier molecular flexibility index (Phi) is 4.51. The van der Waals surface area contributed by atoms with Gasteiger partial charge in [-0.05, 0) is 42.2 Å². The Morgan fingerprint density at radius 1 is 1.14 bits per heavy atom. The second-order valence-corrected chi connectivity index (χ2v) is 6.29. The Hall–Kier alpha value is -2.03. The summed E-state index contributed by atoms with van der Waals surface area (Å²) in [4.78, 5) is 4.40. The number of hydrogen-bond donors (Lipinski definition) is 1. The standard InChI is InChI=1S/C18H24N2O/c1-13(15-8-6-7-11-19-15)20-16-12-14(18(2,3)4)9-10-17(16)21-5/h6-13,20H,1-5H3. The molecule has 0 radical (unpaired) electrons. The minimum Gasteiger partial charge on any atom is -0.495 e. The van der Waals surface area contributed by atoms with Crippen LogP contribution >= 0.6 is 0 Å². The normalized spacial score (nSPS) is 12.8. The maximum atomic E-state index is 5.47. The van der Waals surface area contributed by atoms with Crippen LogP contribution in [0.1, 0.15) is 45.0 Å². The summed E-state index contributed by atoms with van der Waals surface area (Å²) in [6.07, 6.45) is 1.82. The molecule has 0 aliphatic carbocycles. The van der Waals surface area contributed by atoms with Crippen LogP contribution in [-0.2, 0) is 5.41 Å². The van der Waals surface area contributed by atoms with Gasteiger partial charge < -0.3 is 10.1 Å². The number of benzene rings is 1. The van der Waals surface area contributed by atoms with Crippen molar-refractivity contribution in [1.29, 1.82) is 0 Å². The maximum absolute atomic E-state index is 5.47. The molecule has 0 fully saturated rings. The third-order valence-corrected chi connectivity index (χ3v) is 3.57. The van der Waals surface area contributed by atoms with Crippen LogP contribution in [0.4, 0.5) is 5.69 Å². The summed E-state index contributed by atoms with van der Waals surface area (Å²) in [5.74, 6) is 0.853. The third-order valence-electron chi connectivity index (χ3n) is 3.57. The van der Waals surface area contributed by atoms with Crippen LogP contribution in [0.2, 0.25) is 0 Å². The third kappa shape index (κ3) is 3.75. The first-order valence-corrected chi connectivity index (χ1v) is 7.28. The molecule has 0 saturated heterocycles. The van der Waals surface area contributed by atoms with Crippen molar-refractivity contribution in [1.82, 2.24) is 4.98 Å². The molecule has 1 atom stereocenters. The zero-order valence-corrected chi connectivity index (χ0v) is 13.5. The van der Waals surface area contributed by atoms with E-state index in [0.717, 1.165) is 17.1 Å². The van der Waals surface area contributed by atoms with Gasteiger partial charge in [0.05, 0.1) is 24.5 Å². The molecule has 3 nitrogen and oxygen atoms in total. The van der Waals surface area contributed by atoms with Gasteiger partial charge in [0.1, 0.15) is 5.75 Å². The SMILES string of the molecule is COc1ccc(C(C)(C)C)cc1NC(C)c1ccccn1. The molecule has 0 aliphatic heterocycles. The fourth-order valence-corrected chi connectivity index (χ4v) is 2.23. The molecule has 1 N–H and O–H groups in total. The lowest BCUT2D eigenvalue weighted by molar-refractivity contribution is 0.415. The number of ether oxygens (including phenoxy) is 1. The molecule has 21 heavy (non-hydrogen) atoms. The molecule has 0 bridgehead atoms. The summed E-state index contributed by atoms with van der Waals surface area (Å²) in [6.45, 7) is 8.73. The molecule has 1 aromatic heterocycles. The number of pyridine rings is 1. The fourth-order valence-electron chi connectivity index (χ4n) is 2.23. The highest BCUT2D eigenvalue weighted by Crippen LogP contribution is 2.33. The van der Waals surface area contributed by atoms with Crippen molar-refractivity contribution in [3.05, 3.63) is 53.9 Å². The quantitative estimate of drug-likeness (QED) is 0.893. The summed E-state index contributed by atoms with van der Waals surface area (Å²) < 4.78 is 5.47. The number of methoxy groups -OCH3 is 1. The molecule has 0 saturated carbocycles. The zero-order chi connectivity index (χ0) is 15.5. The zero-order valence-electron chi connectivity index (χ0n) is 13.5. The van der Waals surface area contributed by atoms with E-state index in [1.165, 1.54) is 5.56 Å². The molecular formula is C18H24N2O. The molecule has 2 rings (SSSR count). The van der Waals surface area contributed by atoms with E-state index in [4.69, 9.17) is 4.74 Å². The van der Waals surface area contributed by atoms with Crippen LogP contribution in [0.3, 0.4) is 0 Å². The van der Waals surface area contributed by atoms with Crippen LogP contribution in [0.15, 0.2) is 42.6 Å². The van der Waals surface area contributed by atoms with Gasteiger partial charge in [0.15, 0.2) is 0 Å². The summed E-state index contributed by atoms with van der Waals surface area (Å²) in [6, 6.07) is 12.4. The smallest absolute Gasteiger partial charge is 0.141 e. The van der Waals surface area contributed by atoms with Crippen molar-refractivity contribution in [2.24, 2.45) is 0 Å². The molecule has 3 heteroatoms. The predicted molar refractivity (Wildman–Crippen MR) is 88.0 cm³/mol. The highest BCUT2D eigenvalue weighted by molar-refractivity contribution is 5.59. The first-order chi connectivity index (χ1) is 9.91. The van der Waals surface area contributed by atoms with E-state index in [-0.39, 0.29) is 11.5 Å². The number of nitrogens with zero attached hydrogens (tertiary/aromatic N) is 1. The van der Waals surface area contributed by atoms with Gasteiger partial charge in [-0.15, -0.1) is 0 Å². The van der Waals surface area contributed by atoms with E-state index >= 15 is 0 Å². The first kappa shape index (κ1) is 15.4. The predicted octanol–water partition coefficient (Wildman–Crippen LogP) is 4.56. The number of rotatable bonds is 4. The Balaban J connectivity index is 2.29. The Morgan fingerprint density at radius 3 is 2.48 bits per heavy atom. The molecule has 1 aromatic carbocycles. The highest BCUT2D eigenvalue weighted by atomic mass is 16.5. The summed E-state index contributed by atoms with van der Waals surface area (Å²) in [5.41, 5.74) is 3.40. The van der Waals surface area contributed by atoms with Gasteiger partial charge in [0.2, 0.25) is 0 Å². The molecule has 0 amide bonds. The molecular weight excluding hydrogens is 260 g/mol. The van der Waals surface area contributed by atoms with Crippen LogP contribution in [0.5, 0.6) is 5.75 Å². The Labute approximate surface area is 127 Å². The van der Waals surface area contributed by atoms with Gasteiger partial charge in [-0.1, -0.05) is 32.9 Å². The average Bonchev–Trinajstić information content (AvgIpc) is 2.47. The molecule has 0 spiro atoms. The van der Waals surface area contributed by atoms with E-state index in [1.54, 1.807) is 7.11 Å². The van der Waals surface area contributed by atoms with Crippen molar-refractivity contribution in [2.75, 3.05) is 12.4 Å². The van der Waals surface area contributed by atoms with Crippen LogP contribution < -0.4 is 10.1 Å². The largest absolute Gasteiger partial charge is 0.495 e. The monoisotopic (exact) mass is 284 g/mol. The lowest BCUT2D eigenvalue weighted by Gasteiger charge is -2.23. The van der Waals surface area contributed by atoms with Crippen molar-refractivity contribution in [3.63, 3.8) is 0 Å². The van der Waals surface area contributed by atoms with Crippen molar-refractivity contribution in [2.45, 2.75) is 39.2 Å². The maximum Gasteiger partial charge on any atom is 0.141 e. The van der Waals surface area contributed by atoms with Crippen molar-refractivity contribution in [3.8, 4) is 5.75 Å². The van der Waals surface area contributed by atoms with Gasteiger partial charge in [-0.25, -0.2) is 0 Å². The van der Waals surface area contributed by atoms with Gasteiger partial charge in [-0.2, -0.15) is 0 Å². The van der Waals surface area contributed by atoms with Gasteiger partial charge in [0, 0.05) is 6.20 Å². The first-order valence-electron chi connectivity index (χ1n) is 7.28. The van der Waals surface area contributed by atoms with E-state index in [2.05, 4.69) is 50.1 Å². The van der Waals surface area contributed by atoms with E-state index in [1.807, 2.05) is 30.5 Å². The van der Waals surface area contributed by atoms with Gasteiger partial charge in [0.25, 0.3) is 0 Å². The number of aromatic nitrogens is 1. The van der Waals surface area contributed by atoms with Crippen molar-refractivity contribution >= 4 is 5.69 Å². The van der Waals surface area contributed by atoms with Crippen LogP contribution in [0.25, 0.3) is 0 Å². The average molecular weight is 284 g/mol. The molecule has 1 unspecified atom stereocenters. The molecule has 1 heterocycles. The van der Waals surface area contributed by atoms with Crippen LogP contribution in [-0.4, -0.2) is 12.1 Å². The topological polar surface area (TPSA) is 34.1 Å². The van der Waals surface area contributed by atoms with Crippen LogP contribution in [0, 0.1) is 0 Å². The molecule has 112 valence electrons. The molecule has 0 aliphatic rings. The number of nitrogens with one attached hydrogen (secondary N) is 1. The summed E-state index contributed by atoms with van der Waals surface area (Å²) >= 11 is 0. The lowest BCUT2D eigenvalue weighted by Crippen LogP contribution is -2.13. The second kappa shape index (κ2) is 6.17. The number of hydrogen-bond acceptors (Lipinski definition) is 3. The minimum absolute atomic E-state index is 0.108. The van der Waals surface area contributed by atoms with E-state index < -0.39 is 0 Å². The highest BCUT2D eigenvalue weighted by Gasteiger charge is 2.17. The van der Waals surface area contributed by atoms with Gasteiger partial charge in [-0.3, -0.25) is 4.98 Å². The van der Waals surface area contributed by atoms with Crippen molar-refractivity contribution < 1.29 is 4.74 Å². The Morgan fingerprint density at radius 2 is 1.90 bits per heavy atom. The summed E-state index contributed by atoms with van der Waals surface area (Å²) in [7, 11) is 1.70.